The molecule has 0 saturated carbocycles. The second-order valence-corrected chi connectivity index (χ2v) is 14.6. The van der Waals surface area contributed by atoms with Gasteiger partial charge in [-0.2, -0.15) is 0 Å². The lowest BCUT2D eigenvalue weighted by Gasteiger charge is -2.47. The van der Waals surface area contributed by atoms with Gasteiger partial charge in [-0.05, 0) is 92.8 Å². The molecule has 10 heteroatoms. The molecule has 2 atom stereocenters. The van der Waals surface area contributed by atoms with Gasteiger partial charge >= 0.3 is 0 Å². The Morgan fingerprint density at radius 3 is 1.84 bits per heavy atom. The molecule has 8 nitrogen and oxygen atoms in total. The highest BCUT2D eigenvalue weighted by Gasteiger charge is 2.48. The van der Waals surface area contributed by atoms with Crippen molar-refractivity contribution in [3.63, 3.8) is 0 Å². The average Bonchev–Trinajstić information content (AvgIpc) is 3.01. The van der Waals surface area contributed by atoms with Crippen LogP contribution in [0.1, 0.15) is 48.1 Å². The molecule has 4 aromatic carbocycles. The van der Waals surface area contributed by atoms with E-state index in [-0.39, 0.29) is 34.2 Å². The largest absolute Gasteiger partial charge is 0.304 e. The third kappa shape index (κ3) is 6.88. The van der Waals surface area contributed by atoms with Crippen LogP contribution in [-0.4, -0.2) is 29.3 Å². The van der Waals surface area contributed by atoms with E-state index in [2.05, 4.69) is 9.44 Å². The van der Waals surface area contributed by atoms with Crippen molar-refractivity contribution in [2.45, 2.75) is 55.9 Å². The summed E-state index contributed by atoms with van der Waals surface area (Å²) < 4.78 is 56.6. The van der Waals surface area contributed by atoms with Crippen LogP contribution in [0.2, 0.25) is 0 Å². The van der Waals surface area contributed by atoms with Crippen LogP contribution < -0.4 is 14.3 Å². The van der Waals surface area contributed by atoms with Gasteiger partial charge < -0.3 is 4.90 Å². The standard InChI is InChI=1S/C34H37N3O5S2/c1-4-26-11-21-30(22-12-26)43(39,40)35-23-5-6-32-33(37(34(32)38)29-17-7-24(2)8-18-29)27-13-15-28(16-14-27)36-44(41,42)31-19-9-25(3)10-20-31/h7-22,32-33,35-36H,4-6,23H2,1-3H3/t32-,33-/m1/s1. The Balaban J connectivity index is 1.29. The van der Waals surface area contributed by atoms with Crippen LogP contribution in [0.5, 0.6) is 0 Å². The molecule has 1 amide bonds. The molecule has 0 aliphatic carbocycles. The van der Waals surface area contributed by atoms with Gasteiger partial charge in [-0.25, -0.2) is 21.6 Å². The molecule has 0 bridgehead atoms. The van der Waals surface area contributed by atoms with Crippen LogP contribution in [0.3, 0.4) is 0 Å². The van der Waals surface area contributed by atoms with Crippen LogP contribution in [0.4, 0.5) is 11.4 Å². The maximum Gasteiger partial charge on any atom is 0.261 e. The molecule has 1 heterocycles. The minimum atomic E-state index is -3.75. The smallest absolute Gasteiger partial charge is 0.261 e. The highest BCUT2D eigenvalue weighted by Crippen LogP contribution is 2.45. The van der Waals surface area contributed by atoms with E-state index in [0.717, 1.165) is 34.4 Å². The molecule has 1 aliphatic rings. The lowest BCUT2D eigenvalue weighted by Crippen LogP contribution is -2.55. The van der Waals surface area contributed by atoms with Gasteiger partial charge in [-0.3, -0.25) is 9.52 Å². The molecular formula is C34H37N3O5S2. The Kier molecular flexibility index (Phi) is 9.24. The van der Waals surface area contributed by atoms with E-state index >= 15 is 0 Å². The van der Waals surface area contributed by atoms with E-state index in [4.69, 9.17) is 0 Å². The monoisotopic (exact) mass is 631 g/mol. The molecule has 230 valence electrons. The fourth-order valence-corrected chi connectivity index (χ4v) is 7.53. The van der Waals surface area contributed by atoms with Crippen molar-refractivity contribution in [3.8, 4) is 0 Å². The molecule has 1 fully saturated rings. The minimum absolute atomic E-state index is 0.0268. The Hall–Kier alpha value is -3.99. The molecule has 4 aromatic rings. The summed E-state index contributed by atoms with van der Waals surface area (Å²) in [4.78, 5) is 15.6. The van der Waals surface area contributed by atoms with Crippen molar-refractivity contribution in [2.24, 2.45) is 5.92 Å². The lowest BCUT2D eigenvalue weighted by molar-refractivity contribution is -0.130. The summed E-state index contributed by atoms with van der Waals surface area (Å²) >= 11 is 0. The summed E-state index contributed by atoms with van der Waals surface area (Å²) in [5.74, 6) is -0.374. The number of rotatable bonds is 12. The summed E-state index contributed by atoms with van der Waals surface area (Å²) in [7, 11) is -7.41. The van der Waals surface area contributed by atoms with Crippen LogP contribution in [-0.2, 0) is 31.3 Å². The molecule has 2 N–H and O–H groups in total. The van der Waals surface area contributed by atoms with Gasteiger partial charge in [0.15, 0.2) is 0 Å². The molecule has 0 unspecified atom stereocenters. The van der Waals surface area contributed by atoms with Gasteiger partial charge in [0.05, 0.1) is 21.8 Å². The normalized spacial score (nSPS) is 16.9. The van der Waals surface area contributed by atoms with E-state index < -0.39 is 20.0 Å². The predicted molar refractivity (Wildman–Crippen MR) is 174 cm³/mol. The van der Waals surface area contributed by atoms with E-state index in [1.165, 1.54) is 0 Å². The maximum atomic E-state index is 13.4. The second kappa shape index (κ2) is 12.9. The third-order valence-electron chi connectivity index (χ3n) is 7.99. The number of amides is 1. The first kappa shape index (κ1) is 31.4. The highest BCUT2D eigenvalue weighted by atomic mass is 32.2. The SMILES string of the molecule is CCc1ccc(S(=O)(=O)NCCC[C@H]2C(=O)N(c3ccc(C)cc3)[C@@H]2c2ccc(NS(=O)(=O)c3ccc(C)cc3)cc2)cc1. The number of nitrogens with one attached hydrogen (secondary N) is 2. The fraction of sp³-hybridized carbons (Fsp3) is 0.265. The van der Waals surface area contributed by atoms with Gasteiger partial charge in [-0.15, -0.1) is 0 Å². The molecule has 1 aliphatic heterocycles. The Bertz CT molecular complexity index is 1820. The molecule has 5 rings (SSSR count). The molecule has 0 spiro atoms. The summed E-state index contributed by atoms with van der Waals surface area (Å²) in [6.45, 7) is 6.10. The van der Waals surface area contributed by atoms with E-state index in [1.54, 1.807) is 53.4 Å². The number of β-lactam (4-membered cyclic amide) rings is 1. The predicted octanol–water partition coefficient (Wildman–Crippen LogP) is 6.13. The Labute approximate surface area is 260 Å². The van der Waals surface area contributed by atoms with Crippen molar-refractivity contribution in [2.75, 3.05) is 16.2 Å². The quantitative estimate of drug-likeness (QED) is 0.144. The number of hydrogen-bond acceptors (Lipinski definition) is 5. The number of sulfonamides is 2. The van der Waals surface area contributed by atoms with E-state index in [9.17, 15) is 21.6 Å². The van der Waals surface area contributed by atoms with E-state index in [0.29, 0.717) is 18.5 Å². The van der Waals surface area contributed by atoms with Crippen molar-refractivity contribution in [1.82, 2.24) is 4.72 Å². The Morgan fingerprint density at radius 1 is 0.705 bits per heavy atom. The van der Waals surface area contributed by atoms with Gasteiger partial charge in [0.2, 0.25) is 15.9 Å². The topological polar surface area (TPSA) is 113 Å². The first-order valence-electron chi connectivity index (χ1n) is 14.7. The van der Waals surface area contributed by atoms with Crippen LogP contribution >= 0.6 is 0 Å². The lowest BCUT2D eigenvalue weighted by atomic mass is 9.79. The zero-order valence-electron chi connectivity index (χ0n) is 25.0. The number of nitrogens with zero attached hydrogens (tertiary/aromatic N) is 1. The number of hydrogen-bond donors (Lipinski definition) is 2. The molecule has 0 aromatic heterocycles. The molecule has 1 saturated heterocycles. The molecular weight excluding hydrogens is 595 g/mol. The van der Waals surface area contributed by atoms with Gasteiger partial charge in [0.1, 0.15) is 0 Å². The van der Waals surface area contributed by atoms with Crippen molar-refractivity contribution < 1.29 is 21.6 Å². The molecule has 44 heavy (non-hydrogen) atoms. The average molecular weight is 632 g/mol. The number of benzene rings is 4. The zero-order chi connectivity index (χ0) is 31.5. The van der Waals surface area contributed by atoms with E-state index in [1.807, 2.05) is 69.3 Å². The summed E-state index contributed by atoms with van der Waals surface area (Å²) in [6, 6.07) is 28.0. The van der Waals surface area contributed by atoms with Crippen LogP contribution in [0.25, 0.3) is 0 Å². The number of carbonyl (C=O) groups is 1. The number of aryl methyl sites for hydroxylation is 3. The molecule has 0 radical (unpaired) electrons. The number of carbonyl (C=O) groups excluding carboxylic acids is 1. The summed E-state index contributed by atoms with van der Waals surface area (Å²) in [5, 5.41) is 0. The summed E-state index contributed by atoms with van der Waals surface area (Å²) in [6.07, 6.45) is 1.80. The highest BCUT2D eigenvalue weighted by molar-refractivity contribution is 7.92. The summed E-state index contributed by atoms with van der Waals surface area (Å²) in [5.41, 5.74) is 5.17. The Morgan fingerprint density at radius 2 is 1.25 bits per heavy atom. The van der Waals surface area contributed by atoms with Crippen LogP contribution in [0, 0.1) is 19.8 Å². The first-order valence-corrected chi connectivity index (χ1v) is 17.6. The van der Waals surface area contributed by atoms with Gasteiger partial charge in [-0.1, -0.05) is 66.6 Å². The third-order valence-corrected chi connectivity index (χ3v) is 10.9. The van der Waals surface area contributed by atoms with Crippen molar-refractivity contribution in [3.05, 3.63) is 119 Å². The second-order valence-electron chi connectivity index (χ2n) is 11.2. The van der Waals surface area contributed by atoms with Gasteiger partial charge in [0.25, 0.3) is 10.0 Å². The zero-order valence-corrected chi connectivity index (χ0v) is 26.7. The maximum absolute atomic E-state index is 13.4. The minimum Gasteiger partial charge on any atom is -0.304 e. The number of anilines is 2. The van der Waals surface area contributed by atoms with Crippen molar-refractivity contribution >= 4 is 37.3 Å². The van der Waals surface area contributed by atoms with Gasteiger partial charge in [0, 0.05) is 17.9 Å². The van der Waals surface area contributed by atoms with Crippen molar-refractivity contribution in [1.29, 1.82) is 0 Å². The first-order chi connectivity index (χ1) is 21.0. The fourth-order valence-electron chi connectivity index (χ4n) is 5.40. The van der Waals surface area contributed by atoms with Crippen LogP contribution in [0.15, 0.2) is 107 Å².